The van der Waals surface area contributed by atoms with Crippen molar-refractivity contribution in [1.82, 2.24) is 0 Å². The fraction of sp³-hybridized carbons (Fsp3) is 0.235. The highest BCUT2D eigenvalue weighted by atomic mass is 35.5. The van der Waals surface area contributed by atoms with Crippen LogP contribution in [0.4, 0.5) is 14.5 Å². The topological polar surface area (TPSA) is 36.3 Å². The van der Waals surface area contributed by atoms with Gasteiger partial charge in [0, 0.05) is 35.1 Å². The van der Waals surface area contributed by atoms with Crippen LogP contribution in [0.3, 0.4) is 0 Å². The van der Waals surface area contributed by atoms with Gasteiger partial charge in [0.15, 0.2) is 0 Å². The largest absolute Gasteiger partial charge is 0.435 e. The predicted octanol–water partition coefficient (Wildman–Crippen LogP) is 5.32. The first kappa shape index (κ1) is 18.5. The monoisotopic (exact) mass is 369 g/mol. The van der Waals surface area contributed by atoms with E-state index in [1.54, 1.807) is 35.8 Å². The lowest BCUT2D eigenvalue weighted by Crippen LogP contribution is -2.27. The van der Waals surface area contributed by atoms with Crippen LogP contribution in [0.1, 0.15) is 5.56 Å². The summed E-state index contributed by atoms with van der Waals surface area (Å²) < 4.78 is 29.0. The number of halogens is 3. The van der Waals surface area contributed by atoms with Crippen molar-refractivity contribution in [2.24, 2.45) is 0 Å². The summed E-state index contributed by atoms with van der Waals surface area (Å²) >= 11 is 7.80. The Morgan fingerprint density at radius 2 is 2.04 bits per heavy atom. The van der Waals surface area contributed by atoms with Crippen LogP contribution in [0, 0.1) is 5.41 Å². The van der Waals surface area contributed by atoms with Gasteiger partial charge in [-0.1, -0.05) is 17.7 Å². The van der Waals surface area contributed by atoms with Gasteiger partial charge in [0.2, 0.25) is 0 Å². The summed E-state index contributed by atoms with van der Waals surface area (Å²) in [7, 11) is 1.70. The minimum Gasteiger partial charge on any atom is -0.435 e. The summed E-state index contributed by atoms with van der Waals surface area (Å²) in [4.78, 5) is 2.68. The molecule has 0 atom stereocenters. The van der Waals surface area contributed by atoms with E-state index in [1.165, 1.54) is 12.1 Å². The van der Waals surface area contributed by atoms with E-state index in [0.29, 0.717) is 23.0 Å². The molecular formula is C17H17ClF2N2OS. The van der Waals surface area contributed by atoms with Crippen LogP contribution >= 0.6 is 23.4 Å². The smallest absolute Gasteiger partial charge is 0.387 e. The van der Waals surface area contributed by atoms with Crippen molar-refractivity contribution in [3.63, 3.8) is 0 Å². The Bertz CT molecular complexity index is 727. The quantitative estimate of drug-likeness (QED) is 0.425. The normalized spacial score (nSPS) is 10.8. The number of nitrogens with zero attached hydrogens (tertiary/aromatic N) is 1. The number of amidine groups is 1. The highest BCUT2D eigenvalue weighted by molar-refractivity contribution is 7.98. The summed E-state index contributed by atoms with van der Waals surface area (Å²) in [6.45, 7) is -2.88. The van der Waals surface area contributed by atoms with Gasteiger partial charge in [0.1, 0.15) is 11.6 Å². The Labute approximate surface area is 149 Å². The Morgan fingerprint density at radius 1 is 1.29 bits per heavy atom. The molecule has 0 aliphatic heterocycles. The zero-order valence-corrected chi connectivity index (χ0v) is 14.8. The maximum atomic E-state index is 12.3. The Balaban J connectivity index is 2.15. The third-order valence-electron chi connectivity index (χ3n) is 3.45. The summed E-state index contributed by atoms with van der Waals surface area (Å²) in [5.74, 6) is 0.355. The van der Waals surface area contributed by atoms with Gasteiger partial charge in [-0.2, -0.15) is 8.78 Å². The molecule has 0 bridgehead atoms. The lowest BCUT2D eigenvalue weighted by Gasteiger charge is -2.21. The summed E-state index contributed by atoms with van der Waals surface area (Å²) in [5.41, 5.74) is 1.44. The van der Waals surface area contributed by atoms with Gasteiger partial charge in [0.25, 0.3) is 0 Å². The van der Waals surface area contributed by atoms with Crippen molar-refractivity contribution in [2.75, 3.05) is 18.2 Å². The van der Waals surface area contributed by atoms with Crippen molar-refractivity contribution >= 4 is 34.9 Å². The van der Waals surface area contributed by atoms with Crippen LogP contribution < -0.4 is 9.64 Å². The molecule has 0 amide bonds. The number of hydrogen-bond donors (Lipinski definition) is 1. The lowest BCUT2D eigenvalue weighted by atomic mass is 10.1. The highest BCUT2D eigenvalue weighted by Gasteiger charge is 2.12. The zero-order valence-electron chi connectivity index (χ0n) is 13.2. The number of benzene rings is 2. The zero-order chi connectivity index (χ0) is 17.7. The van der Waals surface area contributed by atoms with E-state index in [0.717, 1.165) is 10.5 Å². The molecule has 2 aromatic rings. The molecule has 7 heteroatoms. The van der Waals surface area contributed by atoms with Crippen LogP contribution in [-0.2, 0) is 6.42 Å². The van der Waals surface area contributed by atoms with Gasteiger partial charge in [0.05, 0.1) is 0 Å². The van der Waals surface area contributed by atoms with Gasteiger partial charge >= 0.3 is 6.61 Å². The SMILES string of the molecule is CSc1ccc(Cl)c(CC(=N)N([11CH3])c2cccc(OC(F)F)c2)c1. The number of alkyl halides is 2. The van der Waals surface area contributed by atoms with Gasteiger partial charge in [-0.15, -0.1) is 11.8 Å². The average Bonchev–Trinajstić information content (AvgIpc) is 2.55. The van der Waals surface area contributed by atoms with Crippen molar-refractivity contribution in [2.45, 2.75) is 17.9 Å². The molecule has 2 rings (SSSR count). The summed E-state index contributed by atoms with van der Waals surface area (Å²) in [6.07, 6.45) is 2.31. The molecule has 0 unspecified atom stereocenters. The number of hydrogen-bond acceptors (Lipinski definition) is 3. The van der Waals surface area contributed by atoms with E-state index in [1.807, 2.05) is 24.5 Å². The van der Waals surface area contributed by atoms with E-state index in [4.69, 9.17) is 17.0 Å². The van der Waals surface area contributed by atoms with Crippen LogP contribution in [-0.4, -0.2) is 25.8 Å². The van der Waals surface area contributed by atoms with E-state index in [2.05, 4.69) is 4.74 Å². The van der Waals surface area contributed by atoms with Crippen LogP contribution in [0.15, 0.2) is 47.4 Å². The molecule has 0 aromatic heterocycles. The first-order valence-corrected chi connectivity index (χ1v) is 8.69. The van der Waals surface area contributed by atoms with E-state index < -0.39 is 6.61 Å². The molecule has 0 saturated heterocycles. The number of rotatable bonds is 6. The number of likely N-dealkylation sites (N-methyl/N-ethyl adjacent to an activating group) is 1. The van der Waals surface area contributed by atoms with Crippen LogP contribution in [0.25, 0.3) is 0 Å². The van der Waals surface area contributed by atoms with E-state index in [9.17, 15) is 8.78 Å². The molecule has 0 spiro atoms. The predicted molar refractivity (Wildman–Crippen MR) is 96.1 cm³/mol. The minimum absolute atomic E-state index is 0.0598. The maximum absolute atomic E-state index is 12.3. The second kappa shape index (κ2) is 8.35. The Kier molecular flexibility index (Phi) is 6.45. The molecular weight excluding hydrogens is 353 g/mol. The van der Waals surface area contributed by atoms with Gasteiger partial charge in [-0.3, -0.25) is 5.41 Å². The van der Waals surface area contributed by atoms with Crippen LogP contribution in [0.2, 0.25) is 5.02 Å². The van der Waals surface area contributed by atoms with Crippen molar-refractivity contribution < 1.29 is 13.5 Å². The molecule has 24 heavy (non-hydrogen) atoms. The molecule has 0 saturated carbocycles. The minimum atomic E-state index is -2.88. The second-order valence-corrected chi connectivity index (χ2v) is 6.30. The highest BCUT2D eigenvalue weighted by Crippen LogP contribution is 2.26. The third-order valence-corrected chi connectivity index (χ3v) is 4.54. The first-order valence-electron chi connectivity index (χ1n) is 7.09. The van der Waals surface area contributed by atoms with Gasteiger partial charge in [-0.05, 0) is 42.2 Å². The van der Waals surface area contributed by atoms with Crippen molar-refractivity contribution in [1.29, 1.82) is 5.41 Å². The number of nitrogens with one attached hydrogen (secondary N) is 1. The fourth-order valence-electron chi connectivity index (χ4n) is 2.14. The van der Waals surface area contributed by atoms with E-state index in [-0.39, 0.29) is 5.75 Å². The number of ether oxygens (including phenoxy) is 1. The summed E-state index contributed by atoms with van der Waals surface area (Å²) in [5, 5.41) is 8.88. The molecule has 2 aromatic carbocycles. The molecule has 128 valence electrons. The number of anilines is 1. The first-order chi connectivity index (χ1) is 11.4. The average molecular weight is 370 g/mol. The Hall–Kier alpha value is -1.79. The molecule has 0 fully saturated rings. The standard InChI is InChI=1S/C17H17ClF2N2OS/c1-22(12-4-3-5-13(10-12)23-17(19)20)16(21)9-11-8-14(24-2)6-7-15(11)18/h3-8,10,17,21H,9H2,1-2H3/i1-1. The molecule has 1 N–H and O–H groups in total. The number of thioether (sulfide) groups is 1. The fourth-order valence-corrected chi connectivity index (χ4v) is 2.79. The second-order valence-electron chi connectivity index (χ2n) is 5.02. The summed E-state index contributed by atoms with van der Waals surface area (Å²) in [6, 6.07) is 11.9. The van der Waals surface area contributed by atoms with Gasteiger partial charge in [-0.25, -0.2) is 0 Å². The van der Waals surface area contributed by atoms with Crippen molar-refractivity contribution in [3.05, 3.63) is 53.1 Å². The lowest BCUT2D eigenvalue weighted by molar-refractivity contribution is -0.0498. The molecule has 3 nitrogen and oxygen atoms in total. The van der Waals surface area contributed by atoms with Crippen LogP contribution in [0.5, 0.6) is 5.75 Å². The van der Waals surface area contributed by atoms with E-state index >= 15 is 0 Å². The molecule has 0 aliphatic carbocycles. The van der Waals surface area contributed by atoms with Gasteiger partial charge < -0.3 is 9.64 Å². The molecule has 0 heterocycles. The molecule has 0 aliphatic rings. The van der Waals surface area contributed by atoms with Crippen molar-refractivity contribution in [3.8, 4) is 5.75 Å². The maximum Gasteiger partial charge on any atom is 0.387 e. The molecule has 0 radical (unpaired) electrons. The third kappa shape index (κ3) is 4.85. The Morgan fingerprint density at radius 3 is 2.71 bits per heavy atom.